The summed E-state index contributed by atoms with van der Waals surface area (Å²) < 4.78 is 5.76. The van der Waals surface area contributed by atoms with E-state index >= 15 is 0 Å². The fourth-order valence-electron chi connectivity index (χ4n) is 3.18. The van der Waals surface area contributed by atoms with Gasteiger partial charge in [-0.1, -0.05) is 53.5 Å². The summed E-state index contributed by atoms with van der Waals surface area (Å²) in [5, 5.41) is 11.4. The van der Waals surface area contributed by atoms with E-state index in [1.165, 1.54) is 24.3 Å². The number of non-ortho nitro benzene ring substituents is 1. The molecule has 0 atom stereocenters. The quantitative estimate of drug-likeness (QED) is 0.197. The zero-order valence-corrected chi connectivity index (χ0v) is 19.8. The molecule has 3 aromatic carbocycles. The van der Waals surface area contributed by atoms with E-state index in [0.717, 1.165) is 22.2 Å². The number of carbonyl (C=O) groups is 2. The number of benzene rings is 3. The molecule has 1 fully saturated rings. The van der Waals surface area contributed by atoms with Crippen molar-refractivity contribution in [3.05, 3.63) is 108 Å². The largest absolute Gasteiger partial charge is 0.489 e. The van der Waals surface area contributed by atoms with Gasteiger partial charge in [0.05, 0.1) is 16.4 Å². The molecule has 10 heteroatoms. The molecule has 172 valence electrons. The van der Waals surface area contributed by atoms with Crippen LogP contribution < -0.4 is 4.74 Å². The van der Waals surface area contributed by atoms with Crippen LogP contribution in [0.1, 0.15) is 16.7 Å². The average Bonchev–Trinajstić information content (AvgIpc) is 3.07. The number of carbonyl (C=O) groups excluding carboxylic acids is 2. The van der Waals surface area contributed by atoms with Crippen LogP contribution >= 0.6 is 35.0 Å². The van der Waals surface area contributed by atoms with Gasteiger partial charge >= 0.3 is 0 Å². The highest BCUT2D eigenvalue weighted by molar-refractivity contribution is 8.18. The highest BCUT2D eigenvalue weighted by Crippen LogP contribution is 2.34. The molecule has 1 heterocycles. The number of amides is 2. The van der Waals surface area contributed by atoms with Gasteiger partial charge in [-0.05, 0) is 53.2 Å². The number of nitro benzene ring substituents is 1. The molecule has 0 aromatic heterocycles. The fourth-order valence-corrected chi connectivity index (χ4v) is 4.52. The van der Waals surface area contributed by atoms with Crippen molar-refractivity contribution < 1.29 is 19.2 Å². The molecular weight excluding hydrogens is 499 g/mol. The predicted molar refractivity (Wildman–Crippen MR) is 132 cm³/mol. The Balaban J connectivity index is 1.41. The number of halogens is 2. The van der Waals surface area contributed by atoms with Gasteiger partial charge in [-0.25, -0.2) is 0 Å². The van der Waals surface area contributed by atoms with Crippen LogP contribution in [0, 0.1) is 10.1 Å². The third-order valence-electron chi connectivity index (χ3n) is 4.98. The summed E-state index contributed by atoms with van der Waals surface area (Å²) in [5.41, 5.74) is 1.98. The second-order valence-electron chi connectivity index (χ2n) is 7.25. The van der Waals surface area contributed by atoms with Gasteiger partial charge in [0.15, 0.2) is 0 Å². The molecule has 7 nitrogen and oxygen atoms in total. The number of nitro groups is 1. The minimum Gasteiger partial charge on any atom is -0.489 e. The van der Waals surface area contributed by atoms with Crippen LogP contribution in [0.2, 0.25) is 10.0 Å². The second-order valence-corrected chi connectivity index (χ2v) is 9.06. The first-order valence-corrected chi connectivity index (χ1v) is 11.5. The predicted octanol–water partition coefficient (Wildman–Crippen LogP) is 6.72. The van der Waals surface area contributed by atoms with Crippen molar-refractivity contribution in [1.29, 1.82) is 0 Å². The minimum atomic E-state index is -0.505. The summed E-state index contributed by atoms with van der Waals surface area (Å²) in [7, 11) is 0. The van der Waals surface area contributed by atoms with Crippen molar-refractivity contribution in [3.63, 3.8) is 0 Å². The van der Waals surface area contributed by atoms with Gasteiger partial charge in [0.2, 0.25) is 0 Å². The third-order valence-corrected chi connectivity index (χ3v) is 6.60. The van der Waals surface area contributed by atoms with Crippen molar-refractivity contribution >= 4 is 57.9 Å². The van der Waals surface area contributed by atoms with E-state index in [0.29, 0.717) is 31.8 Å². The third kappa shape index (κ3) is 5.41. The molecule has 0 spiro atoms. The normalized spacial score (nSPS) is 14.6. The highest BCUT2D eigenvalue weighted by Gasteiger charge is 2.35. The molecule has 0 saturated carbocycles. The molecule has 1 aliphatic rings. The zero-order chi connectivity index (χ0) is 24.2. The van der Waals surface area contributed by atoms with Gasteiger partial charge in [-0.3, -0.25) is 24.6 Å². The Morgan fingerprint density at radius 2 is 1.62 bits per heavy atom. The van der Waals surface area contributed by atoms with Gasteiger partial charge < -0.3 is 4.74 Å². The summed E-state index contributed by atoms with van der Waals surface area (Å²) in [5.74, 6) is 0.182. The van der Waals surface area contributed by atoms with Crippen LogP contribution in [0.5, 0.6) is 5.75 Å². The maximum absolute atomic E-state index is 12.7. The van der Waals surface area contributed by atoms with E-state index in [9.17, 15) is 19.7 Å². The number of imide groups is 1. The lowest BCUT2D eigenvalue weighted by molar-refractivity contribution is -0.384. The first kappa shape index (κ1) is 23.8. The summed E-state index contributed by atoms with van der Waals surface area (Å²) in [6.07, 6.45) is 1.63. The Bertz CT molecular complexity index is 1270. The van der Waals surface area contributed by atoms with Crippen LogP contribution in [0.15, 0.2) is 71.6 Å². The van der Waals surface area contributed by atoms with Crippen molar-refractivity contribution in [1.82, 2.24) is 4.90 Å². The maximum atomic E-state index is 12.7. The minimum absolute atomic E-state index is 0.0391. The molecule has 0 bridgehead atoms. The van der Waals surface area contributed by atoms with Crippen molar-refractivity contribution in [2.45, 2.75) is 13.2 Å². The average molecular weight is 515 g/mol. The monoisotopic (exact) mass is 514 g/mol. The molecule has 0 N–H and O–H groups in total. The Hall–Kier alpha value is -3.33. The number of hydrogen-bond donors (Lipinski definition) is 0. The molecule has 1 aliphatic heterocycles. The van der Waals surface area contributed by atoms with Crippen LogP contribution in [0.3, 0.4) is 0 Å². The number of hydrogen-bond acceptors (Lipinski definition) is 6. The molecule has 3 aromatic rings. The van der Waals surface area contributed by atoms with E-state index in [1.807, 2.05) is 0 Å². The lowest BCUT2D eigenvalue weighted by atomic mass is 10.2. The Morgan fingerprint density at radius 1 is 0.971 bits per heavy atom. The Kier molecular flexibility index (Phi) is 7.21. The van der Waals surface area contributed by atoms with Gasteiger partial charge in [0, 0.05) is 27.7 Å². The molecule has 0 radical (unpaired) electrons. The van der Waals surface area contributed by atoms with Gasteiger partial charge in [-0.15, -0.1) is 0 Å². The van der Waals surface area contributed by atoms with Crippen molar-refractivity contribution in [2.24, 2.45) is 0 Å². The highest BCUT2D eigenvalue weighted by atomic mass is 35.5. The standard InChI is InChI=1S/C24H16Cl2N2O5S/c25-20-2-1-3-21(26)19(20)14-33-18-10-6-15(7-11-18)12-22-23(29)27(24(30)34-22)13-16-4-8-17(9-5-16)28(31)32/h1-12H,13-14H2/b22-12-. The molecule has 1 saturated heterocycles. The second kappa shape index (κ2) is 10.3. The number of nitrogens with zero attached hydrogens (tertiary/aromatic N) is 2. The number of thioether (sulfide) groups is 1. The summed E-state index contributed by atoms with van der Waals surface area (Å²) in [6, 6.07) is 18.0. The van der Waals surface area contributed by atoms with Crippen LogP contribution in [-0.2, 0) is 17.9 Å². The Morgan fingerprint density at radius 3 is 2.24 bits per heavy atom. The fraction of sp³-hybridized carbons (Fsp3) is 0.0833. The van der Waals surface area contributed by atoms with Crippen LogP contribution in [0.4, 0.5) is 10.5 Å². The summed E-state index contributed by atoms with van der Waals surface area (Å²) >= 11 is 13.2. The van der Waals surface area contributed by atoms with Gasteiger partial charge in [0.1, 0.15) is 12.4 Å². The maximum Gasteiger partial charge on any atom is 0.293 e. The molecule has 0 aliphatic carbocycles. The van der Waals surface area contributed by atoms with Gasteiger partial charge in [0.25, 0.3) is 16.8 Å². The first-order valence-electron chi connectivity index (χ1n) is 9.96. The number of rotatable bonds is 7. The summed E-state index contributed by atoms with van der Waals surface area (Å²) in [6.45, 7) is 0.247. The SMILES string of the molecule is O=C1S/C(=C\c2ccc(OCc3c(Cl)cccc3Cl)cc2)C(=O)N1Cc1ccc([N+](=O)[O-])cc1. The molecule has 4 rings (SSSR count). The van der Waals surface area contributed by atoms with Crippen molar-refractivity contribution in [2.75, 3.05) is 0 Å². The van der Waals surface area contributed by atoms with Crippen LogP contribution in [0.25, 0.3) is 6.08 Å². The van der Waals surface area contributed by atoms with E-state index in [-0.39, 0.29) is 18.8 Å². The molecule has 2 amide bonds. The van der Waals surface area contributed by atoms with Crippen LogP contribution in [-0.4, -0.2) is 21.0 Å². The smallest absolute Gasteiger partial charge is 0.293 e. The zero-order valence-electron chi connectivity index (χ0n) is 17.4. The van der Waals surface area contributed by atoms with E-state index in [4.69, 9.17) is 27.9 Å². The van der Waals surface area contributed by atoms with E-state index in [1.54, 1.807) is 48.5 Å². The first-order chi connectivity index (χ1) is 16.3. The molecule has 34 heavy (non-hydrogen) atoms. The van der Waals surface area contributed by atoms with E-state index < -0.39 is 16.1 Å². The number of ether oxygens (including phenoxy) is 1. The van der Waals surface area contributed by atoms with Crippen molar-refractivity contribution in [3.8, 4) is 5.75 Å². The molecule has 0 unspecified atom stereocenters. The lowest BCUT2D eigenvalue weighted by Crippen LogP contribution is -2.27. The Labute approximate surface area is 209 Å². The van der Waals surface area contributed by atoms with E-state index in [2.05, 4.69) is 0 Å². The summed E-state index contributed by atoms with van der Waals surface area (Å²) in [4.78, 5) is 36.8. The molecular formula is C24H16Cl2N2O5S. The van der Waals surface area contributed by atoms with Gasteiger partial charge in [-0.2, -0.15) is 0 Å². The lowest BCUT2D eigenvalue weighted by Gasteiger charge is -2.12. The topological polar surface area (TPSA) is 89.8 Å².